The minimum Gasteiger partial charge on any atom is -0.394 e. The Balaban J connectivity index is 1.80. The number of nitrogens with one attached hydrogen (secondary N) is 2. The number of amides is 1. The average Bonchev–Trinajstić information content (AvgIpc) is 2.74. The zero-order valence-electron chi connectivity index (χ0n) is 9.80. The SMILES string of the molecule is O=C1CCC(CNC2(CO)CCCCC2)N1. The molecule has 2 fully saturated rings. The fraction of sp³-hybridized carbons (Fsp3) is 0.917. The van der Waals surface area contributed by atoms with Gasteiger partial charge in [0.15, 0.2) is 0 Å². The van der Waals surface area contributed by atoms with Crippen LogP contribution in [-0.4, -0.2) is 35.7 Å². The normalized spacial score (nSPS) is 29.1. The van der Waals surface area contributed by atoms with Gasteiger partial charge in [0.25, 0.3) is 0 Å². The zero-order chi connectivity index (χ0) is 11.4. The highest BCUT2D eigenvalue weighted by molar-refractivity contribution is 5.78. The summed E-state index contributed by atoms with van der Waals surface area (Å²) in [6.07, 6.45) is 7.37. The number of rotatable bonds is 4. The predicted octanol–water partition coefficient (Wildman–Crippen LogP) is 0.550. The Bertz CT molecular complexity index is 249. The van der Waals surface area contributed by atoms with Crippen LogP contribution in [-0.2, 0) is 4.79 Å². The first kappa shape index (κ1) is 11.9. The van der Waals surface area contributed by atoms with Gasteiger partial charge in [0.2, 0.25) is 5.91 Å². The Morgan fingerprint density at radius 2 is 2.12 bits per heavy atom. The van der Waals surface area contributed by atoms with Crippen molar-refractivity contribution in [2.45, 2.75) is 56.5 Å². The smallest absolute Gasteiger partial charge is 0.220 e. The molecule has 1 saturated carbocycles. The fourth-order valence-electron chi connectivity index (χ4n) is 2.79. The Labute approximate surface area is 96.8 Å². The molecule has 4 nitrogen and oxygen atoms in total. The minimum atomic E-state index is -0.0778. The van der Waals surface area contributed by atoms with E-state index in [1.807, 2.05) is 0 Å². The number of hydrogen-bond donors (Lipinski definition) is 3. The Kier molecular flexibility index (Phi) is 3.82. The maximum atomic E-state index is 11.1. The molecule has 4 heteroatoms. The number of aliphatic hydroxyl groups is 1. The predicted molar refractivity (Wildman–Crippen MR) is 62.1 cm³/mol. The lowest BCUT2D eigenvalue weighted by molar-refractivity contribution is -0.119. The van der Waals surface area contributed by atoms with Crippen LogP contribution in [0.1, 0.15) is 44.9 Å². The summed E-state index contributed by atoms with van der Waals surface area (Å²) in [5.74, 6) is 0.161. The summed E-state index contributed by atoms with van der Waals surface area (Å²) >= 11 is 0. The highest BCUT2D eigenvalue weighted by Crippen LogP contribution is 2.27. The average molecular weight is 226 g/mol. The third kappa shape index (κ3) is 2.74. The minimum absolute atomic E-state index is 0.0778. The largest absolute Gasteiger partial charge is 0.394 e. The molecule has 3 N–H and O–H groups in total. The molecule has 2 rings (SSSR count). The fourth-order valence-corrected chi connectivity index (χ4v) is 2.79. The van der Waals surface area contributed by atoms with Crippen LogP contribution in [0.3, 0.4) is 0 Å². The van der Waals surface area contributed by atoms with Crippen LogP contribution < -0.4 is 10.6 Å². The quantitative estimate of drug-likeness (QED) is 0.656. The molecule has 1 heterocycles. The van der Waals surface area contributed by atoms with E-state index >= 15 is 0 Å². The van der Waals surface area contributed by atoms with E-state index in [0.717, 1.165) is 25.8 Å². The van der Waals surface area contributed by atoms with E-state index in [9.17, 15) is 9.90 Å². The first-order valence-electron chi connectivity index (χ1n) is 6.39. The van der Waals surface area contributed by atoms with E-state index in [2.05, 4.69) is 10.6 Å². The Morgan fingerprint density at radius 1 is 1.38 bits per heavy atom. The molecule has 0 spiro atoms. The lowest BCUT2D eigenvalue weighted by Crippen LogP contribution is -2.53. The third-order valence-electron chi connectivity index (χ3n) is 3.92. The first-order chi connectivity index (χ1) is 7.74. The third-order valence-corrected chi connectivity index (χ3v) is 3.92. The monoisotopic (exact) mass is 226 g/mol. The van der Waals surface area contributed by atoms with Gasteiger partial charge in [-0.1, -0.05) is 19.3 Å². The van der Waals surface area contributed by atoms with E-state index in [4.69, 9.17) is 0 Å². The molecule has 0 aromatic rings. The van der Waals surface area contributed by atoms with Crippen molar-refractivity contribution in [2.75, 3.05) is 13.2 Å². The van der Waals surface area contributed by atoms with E-state index in [0.29, 0.717) is 6.42 Å². The summed E-state index contributed by atoms with van der Waals surface area (Å²) in [6, 6.07) is 0.262. The second-order valence-corrected chi connectivity index (χ2v) is 5.18. The van der Waals surface area contributed by atoms with Crippen molar-refractivity contribution in [3.63, 3.8) is 0 Å². The second kappa shape index (κ2) is 5.15. The molecule has 1 aliphatic carbocycles. The first-order valence-corrected chi connectivity index (χ1v) is 6.39. The van der Waals surface area contributed by atoms with Crippen LogP contribution in [0.2, 0.25) is 0 Å². The van der Waals surface area contributed by atoms with Crippen molar-refractivity contribution >= 4 is 5.91 Å². The van der Waals surface area contributed by atoms with Gasteiger partial charge in [-0.25, -0.2) is 0 Å². The van der Waals surface area contributed by atoms with Crippen molar-refractivity contribution in [1.82, 2.24) is 10.6 Å². The molecular weight excluding hydrogens is 204 g/mol. The van der Waals surface area contributed by atoms with Gasteiger partial charge >= 0.3 is 0 Å². The van der Waals surface area contributed by atoms with Gasteiger partial charge in [0.1, 0.15) is 0 Å². The molecule has 1 unspecified atom stereocenters. The summed E-state index contributed by atoms with van der Waals surface area (Å²) in [5.41, 5.74) is -0.0778. The topological polar surface area (TPSA) is 61.4 Å². The summed E-state index contributed by atoms with van der Waals surface area (Å²) < 4.78 is 0. The Hall–Kier alpha value is -0.610. The van der Waals surface area contributed by atoms with Crippen molar-refractivity contribution in [1.29, 1.82) is 0 Å². The number of carbonyl (C=O) groups is 1. The van der Waals surface area contributed by atoms with Gasteiger partial charge in [0, 0.05) is 24.5 Å². The highest BCUT2D eigenvalue weighted by atomic mass is 16.3. The number of hydrogen-bond acceptors (Lipinski definition) is 3. The van der Waals surface area contributed by atoms with Crippen molar-refractivity contribution in [2.24, 2.45) is 0 Å². The molecule has 1 aliphatic heterocycles. The highest BCUT2D eigenvalue weighted by Gasteiger charge is 2.32. The molecule has 1 amide bonds. The van der Waals surface area contributed by atoms with Gasteiger partial charge in [-0.2, -0.15) is 0 Å². The maximum Gasteiger partial charge on any atom is 0.220 e. The molecule has 1 saturated heterocycles. The van der Waals surface area contributed by atoms with Crippen LogP contribution in [0.25, 0.3) is 0 Å². The van der Waals surface area contributed by atoms with Crippen LogP contribution in [0.5, 0.6) is 0 Å². The number of carbonyl (C=O) groups excluding carboxylic acids is 1. The van der Waals surface area contributed by atoms with Gasteiger partial charge < -0.3 is 15.7 Å². The van der Waals surface area contributed by atoms with Gasteiger partial charge in [-0.3, -0.25) is 4.79 Å². The van der Waals surface area contributed by atoms with Crippen molar-refractivity contribution < 1.29 is 9.90 Å². The van der Waals surface area contributed by atoms with Crippen LogP contribution in [0.4, 0.5) is 0 Å². The van der Waals surface area contributed by atoms with Gasteiger partial charge in [0.05, 0.1) is 6.61 Å². The van der Waals surface area contributed by atoms with Gasteiger partial charge in [-0.05, 0) is 19.3 Å². The van der Waals surface area contributed by atoms with Crippen LogP contribution >= 0.6 is 0 Å². The van der Waals surface area contributed by atoms with E-state index in [1.165, 1.54) is 19.3 Å². The molecule has 16 heavy (non-hydrogen) atoms. The van der Waals surface area contributed by atoms with Crippen molar-refractivity contribution in [3.8, 4) is 0 Å². The molecule has 2 aliphatic rings. The Morgan fingerprint density at radius 3 is 2.69 bits per heavy atom. The molecule has 1 atom stereocenters. The lowest BCUT2D eigenvalue weighted by atomic mass is 9.82. The molecule has 0 bridgehead atoms. The lowest BCUT2D eigenvalue weighted by Gasteiger charge is -2.37. The zero-order valence-corrected chi connectivity index (χ0v) is 9.80. The summed E-state index contributed by atoms with van der Waals surface area (Å²) in [5, 5.41) is 16.0. The molecule has 0 radical (unpaired) electrons. The van der Waals surface area contributed by atoms with Crippen molar-refractivity contribution in [3.05, 3.63) is 0 Å². The second-order valence-electron chi connectivity index (χ2n) is 5.18. The molecular formula is C12H22N2O2. The van der Waals surface area contributed by atoms with Gasteiger partial charge in [-0.15, -0.1) is 0 Å². The van der Waals surface area contributed by atoms with Crippen LogP contribution in [0, 0.1) is 0 Å². The van der Waals surface area contributed by atoms with Crippen LogP contribution in [0.15, 0.2) is 0 Å². The summed E-state index contributed by atoms with van der Waals surface area (Å²) in [6.45, 7) is 1.01. The summed E-state index contributed by atoms with van der Waals surface area (Å²) in [4.78, 5) is 11.1. The van der Waals surface area contributed by atoms with E-state index < -0.39 is 0 Å². The van der Waals surface area contributed by atoms with E-state index in [-0.39, 0.29) is 24.1 Å². The number of aliphatic hydroxyl groups excluding tert-OH is 1. The summed E-state index contributed by atoms with van der Waals surface area (Å²) in [7, 11) is 0. The standard InChI is InChI=1S/C12H22N2O2/c15-9-12(6-2-1-3-7-12)13-8-10-4-5-11(16)14-10/h10,13,15H,1-9H2,(H,14,16). The maximum absolute atomic E-state index is 11.1. The molecule has 0 aromatic heterocycles. The molecule has 92 valence electrons. The van der Waals surface area contributed by atoms with E-state index in [1.54, 1.807) is 0 Å². The molecule has 0 aromatic carbocycles.